The zero-order valence-corrected chi connectivity index (χ0v) is 15.4. The van der Waals surface area contributed by atoms with Crippen LogP contribution in [0.5, 0.6) is 0 Å². The highest BCUT2D eigenvalue weighted by Crippen LogP contribution is 2.22. The Bertz CT molecular complexity index is 750. The van der Waals surface area contributed by atoms with E-state index in [-0.39, 0.29) is 24.2 Å². The minimum absolute atomic E-state index is 0. The standard InChI is InChI=1S/C17H20N4O2S.ClH/c18-7-6-15-20-14(11-24-15)17(23)19-10-12-3-1-4-13(9-12)21-8-2-5-16(21)22;/h1,3-4,9,11H,2,5-8,10,18H2,(H,19,23);1H. The summed E-state index contributed by atoms with van der Waals surface area (Å²) in [5.41, 5.74) is 7.77. The number of rotatable bonds is 6. The van der Waals surface area contributed by atoms with Crippen LogP contribution in [0.2, 0.25) is 0 Å². The van der Waals surface area contributed by atoms with Crippen molar-refractivity contribution in [2.75, 3.05) is 18.0 Å². The molecular formula is C17H21ClN4O2S. The number of thiazole rings is 1. The smallest absolute Gasteiger partial charge is 0.271 e. The summed E-state index contributed by atoms with van der Waals surface area (Å²) in [5, 5.41) is 5.49. The molecule has 0 aliphatic carbocycles. The van der Waals surface area contributed by atoms with Crippen molar-refractivity contribution in [1.82, 2.24) is 10.3 Å². The molecule has 6 nitrogen and oxygen atoms in total. The lowest BCUT2D eigenvalue weighted by molar-refractivity contribution is -0.117. The number of aromatic nitrogens is 1. The summed E-state index contributed by atoms with van der Waals surface area (Å²) in [6, 6.07) is 7.72. The Balaban J connectivity index is 0.00000225. The lowest BCUT2D eigenvalue weighted by Crippen LogP contribution is -2.25. The Morgan fingerprint density at radius 2 is 2.24 bits per heavy atom. The number of carbonyl (C=O) groups excluding carboxylic acids is 2. The molecule has 8 heteroatoms. The van der Waals surface area contributed by atoms with Crippen LogP contribution < -0.4 is 16.0 Å². The van der Waals surface area contributed by atoms with Crippen molar-refractivity contribution < 1.29 is 9.59 Å². The van der Waals surface area contributed by atoms with Crippen LogP contribution in [-0.2, 0) is 17.8 Å². The average molecular weight is 381 g/mol. The molecule has 2 heterocycles. The molecule has 1 aromatic carbocycles. The predicted octanol–water partition coefficient (Wildman–Crippen LogP) is 2.12. The molecule has 0 unspecified atom stereocenters. The van der Waals surface area contributed by atoms with Gasteiger partial charge in [0.1, 0.15) is 5.69 Å². The molecule has 0 bridgehead atoms. The van der Waals surface area contributed by atoms with Crippen molar-refractivity contribution in [2.24, 2.45) is 5.73 Å². The van der Waals surface area contributed by atoms with Crippen LogP contribution >= 0.6 is 23.7 Å². The van der Waals surface area contributed by atoms with E-state index in [4.69, 9.17) is 5.73 Å². The second-order valence-electron chi connectivity index (χ2n) is 5.67. The van der Waals surface area contributed by atoms with E-state index < -0.39 is 0 Å². The maximum Gasteiger partial charge on any atom is 0.271 e. The fourth-order valence-electron chi connectivity index (χ4n) is 2.68. The molecule has 0 saturated carbocycles. The van der Waals surface area contributed by atoms with Gasteiger partial charge in [0.05, 0.1) is 5.01 Å². The van der Waals surface area contributed by atoms with Gasteiger partial charge >= 0.3 is 0 Å². The summed E-state index contributed by atoms with van der Waals surface area (Å²) in [5.74, 6) is -0.0386. The van der Waals surface area contributed by atoms with E-state index in [9.17, 15) is 9.59 Å². The molecule has 1 fully saturated rings. The molecule has 3 N–H and O–H groups in total. The normalized spacial score (nSPS) is 13.6. The topological polar surface area (TPSA) is 88.3 Å². The third kappa shape index (κ3) is 4.78. The fraction of sp³-hybridized carbons (Fsp3) is 0.353. The van der Waals surface area contributed by atoms with Crippen LogP contribution in [0.4, 0.5) is 5.69 Å². The highest BCUT2D eigenvalue weighted by Gasteiger charge is 2.21. The molecule has 3 rings (SSSR count). The first-order valence-electron chi connectivity index (χ1n) is 7.99. The molecule has 1 aliphatic heterocycles. The SMILES string of the molecule is Cl.NCCc1nc(C(=O)NCc2cccc(N3CCCC3=O)c2)cs1. The zero-order chi connectivity index (χ0) is 16.9. The Kier molecular flexibility index (Phi) is 6.92. The van der Waals surface area contributed by atoms with E-state index in [2.05, 4.69) is 10.3 Å². The van der Waals surface area contributed by atoms with Gasteiger partial charge in [0.15, 0.2) is 0 Å². The third-order valence-electron chi connectivity index (χ3n) is 3.89. The largest absolute Gasteiger partial charge is 0.347 e. The number of carbonyl (C=O) groups is 2. The summed E-state index contributed by atoms with van der Waals surface area (Å²) in [4.78, 5) is 30.1. The van der Waals surface area contributed by atoms with E-state index in [1.807, 2.05) is 24.3 Å². The van der Waals surface area contributed by atoms with Crippen LogP contribution in [-0.4, -0.2) is 29.9 Å². The number of hydrogen-bond acceptors (Lipinski definition) is 5. The van der Waals surface area contributed by atoms with Gasteiger partial charge in [-0.1, -0.05) is 12.1 Å². The minimum atomic E-state index is -0.197. The molecule has 1 aliphatic rings. The van der Waals surface area contributed by atoms with Gasteiger partial charge in [-0.2, -0.15) is 0 Å². The molecule has 0 spiro atoms. The Morgan fingerprint density at radius 3 is 2.96 bits per heavy atom. The van der Waals surface area contributed by atoms with Gasteiger partial charge in [0.25, 0.3) is 5.91 Å². The van der Waals surface area contributed by atoms with Crippen LogP contribution in [0.3, 0.4) is 0 Å². The summed E-state index contributed by atoms with van der Waals surface area (Å²) in [7, 11) is 0. The van der Waals surface area contributed by atoms with Gasteiger partial charge in [0, 0.05) is 37.0 Å². The van der Waals surface area contributed by atoms with Crippen molar-refractivity contribution in [3.63, 3.8) is 0 Å². The lowest BCUT2D eigenvalue weighted by atomic mass is 10.2. The number of benzene rings is 1. The molecule has 2 aromatic rings. The second-order valence-corrected chi connectivity index (χ2v) is 6.61. The van der Waals surface area contributed by atoms with E-state index in [0.29, 0.717) is 31.6 Å². The number of nitrogens with one attached hydrogen (secondary N) is 1. The number of nitrogens with zero attached hydrogens (tertiary/aromatic N) is 2. The highest BCUT2D eigenvalue weighted by molar-refractivity contribution is 7.09. The molecule has 25 heavy (non-hydrogen) atoms. The number of halogens is 1. The van der Waals surface area contributed by atoms with Gasteiger partial charge < -0.3 is 16.0 Å². The second kappa shape index (κ2) is 8.94. The summed E-state index contributed by atoms with van der Waals surface area (Å²) >= 11 is 1.45. The Hall–Kier alpha value is -1.96. The van der Waals surface area contributed by atoms with Crippen LogP contribution in [0, 0.1) is 0 Å². The van der Waals surface area contributed by atoms with Crippen LogP contribution in [0.1, 0.15) is 33.9 Å². The molecular weight excluding hydrogens is 360 g/mol. The summed E-state index contributed by atoms with van der Waals surface area (Å²) < 4.78 is 0. The molecule has 1 saturated heterocycles. The first-order chi connectivity index (χ1) is 11.7. The van der Waals surface area contributed by atoms with E-state index >= 15 is 0 Å². The van der Waals surface area contributed by atoms with Crippen molar-refractivity contribution in [3.05, 3.63) is 45.9 Å². The number of amides is 2. The van der Waals surface area contributed by atoms with Crippen molar-refractivity contribution in [1.29, 1.82) is 0 Å². The maximum atomic E-state index is 12.2. The number of anilines is 1. The summed E-state index contributed by atoms with van der Waals surface area (Å²) in [6.45, 7) is 1.69. The molecule has 1 aromatic heterocycles. The van der Waals surface area contributed by atoms with Crippen molar-refractivity contribution in [2.45, 2.75) is 25.8 Å². The predicted molar refractivity (Wildman–Crippen MR) is 101 cm³/mol. The van der Waals surface area contributed by atoms with Gasteiger partial charge in [-0.05, 0) is 30.7 Å². The number of hydrogen-bond donors (Lipinski definition) is 2. The van der Waals surface area contributed by atoms with Crippen molar-refractivity contribution >= 4 is 41.2 Å². The first-order valence-corrected chi connectivity index (χ1v) is 8.87. The number of nitrogens with two attached hydrogens (primary N) is 1. The van der Waals surface area contributed by atoms with Gasteiger partial charge in [-0.15, -0.1) is 23.7 Å². The van der Waals surface area contributed by atoms with E-state index in [0.717, 1.165) is 29.2 Å². The molecule has 0 radical (unpaired) electrons. The summed E-state index contributed by atoms with van der Waals surface area (Å²) in [6.07, 6.45) is 2.19. The zero-order valence-electron chi connectivity index (χ0n) is 13.7. The lowest BCUT2D eigenvalue weighted by Gasteiger charge is -2.16. The minimum Gasteiger partial charge on any atom is -0.347 e. The average Bonchev–Trinajstić information content (AvgIpc) is 3.22. The molecule has 0 atom stereocenters. The monoisotopic (exact) mass is 380 g/mol. The van der Waals surface area contributed by atoms with Gasteiger partial charge in [-0.3, -0.25) is 9.59 Å². The van der Waals surface area contributed by atoms with E-state index in [1.165, 1.54) is 11.3 Å². The third-order valence-corrected chi connectivity index (χ3v) is 4.80. The van der Waals surface area contributed by atoms with E-state index in [1.54, 1.807) is 10.3 Å². The van der Waals surface area contributed by atoms with Gasteiger partial charge in [0.2, 0.25) is 5.91 Å². The quantitative estimate of drug-likeness (QED) is 0.803. The Morgan fingerprint density at radius 1 is 1.40 bits per heavy atom. The Labute approximate surface area is 156 Å². The van der Waals surface area contributed by atoms with Gasteiger partial charge in [-0.25, -0.2) is 4.98 Å². The fourth-order valence-corrected chi connectivity index (χ4v) is 3.48. The van der Waals surface area contributed by atoms with Crippen LogP contribution in [0.15, 0.2) is 29.6 Å². The molecule has 2 amide bonds. The molecule has 134 valence electrons. The first kappa shape index (κ1) is 19.4. The van der Waals surface area contributed by atoms with Crippen LogP contribution in [0.25, 0.3) is 0 Å². The maximum absolute atomic E-state index is 12.2. The highest BCUT2D eigenvalue weighted by atomic mass is 35.5. The van der Waals surface area contributed by atoms with Crippen molar-refractivity contribution in [3.8, 4) is 0 Å².